The van der Waals surface area contributed by atoms with Gasteiger partial charge in [0.1, 0.15) is 5.75 Å². The van der Waals surface area contributed by atoms with E-state index in [0.29, 0.717) is 0 Å². The molecule has 0 aliphatic heterocycles. The summed E-state index contributed by atoms with van der Waals surface area (Å²) in [7, 11) is 3.48. The number of hydrogen-bond acceptors (Lipinski definition) is 3. The van der Waals surface area contributed by atoms with E-state index in [1.54, 1.807) is 25.9 Å². The van der Waals surface area contributed by atoms with Crippen molar-refractivity contribution in [2.24, 2.45) is 0 Å². The van der Waals surface area contributed by atoms with Gasteiger partial charge in [-0.2, -0.15) is 0 Å². The average Bonchev–Trinajstić information content (AvgIpc) is 2.42. The van der Waals surface area contributed by atoms with Gasteiger partial charge in [-0.15, -0.1) is 0 Å². The average molecular weight is 292 g/mol. The van der Waals surface area contributed by atoms with Gasteiger partial charge < -0.3 is 15.0 Å². The Hall–Kier alpha value is -1.55. The first kappa shape index (κ1) is 17.5. The number of aryl methyl sites for hydroxylation is 2. The maximum Gasteiger partial charge on any atom is 0.262 e. The number of ether oxygens (including phenoxy) is 1. The summed E-state index contributed by atoms with van der Waals surface area (Å²) in [5.74, 6) is 0.791. The normalized spacial score (nSPS) is 12.1. The summed E-state index contributed by atoms with van der Waals surface area (Å²) in [5.41, 5.74) is 3.39. The van der Waals surface area contributed by atoms with Crippen molar-refractivity contribution < 1.29 is 9.53 Å². The van der Waals surface area contributed by atoms with Crippen LogP contribution in [-0.2, 0) is 11.3 Å². The standard InChI is InChI=1S/C17H28N2O2/c1-7-8-18-11-15-9-12(2)16(13(3)10-15)21-14(4)17(20)19(5)6/h9-10,14,18H,7-8,11H2,1-6H3. The molecule has 1 N–H and O–H groups in total. The smallest absolute Gasteiger partial charge is 0.262 e. The predicted octanol–water partition coefficient (Wildman–Crippen LogP) is 2.66. The van der Waals surface area contributed by atoms with Crippen molar-refractivity contribution in [2.75, 3.05) is 20.6 Å². The number of nitrogens with zero attached hydrogens (tertiary/aromatic N) is 1. The third-order valence-electron chi connectivity index (χ3n) is 3.36. The molecule has 0 spiro atoms. The van der Waals surface area contributed by atoms with Crippen LogP contribution in [0.5, 0.6) is 5.75 Å². The third-order valence-corrected chi connectivity index (χ3v) is 3.36. The Morgan fingerprint density at radius 1 is 1.29 bits per heavy atom. The summed E-state index contributed by atoms with van der Waals surface area (Å²) in [4.78, 5) is 13.5. The van der Waals surface area contributed by atoms with Crippen molar-refractivity contribution in [3.63, 3.8) is 0 Å². The van der Waals surface area contributed by atoms with Gasteiger partial charge in [0.25, 0.3) is 5.91 Å². The van der Waals surface area contributed by atoms with Gasteiger partial charge in [-0.1, -0.05) is 19.1 Å². The first-order valence-electron chi connectivity index (χ1n) is 7.55. The maximum atomic E-state index is 11.9. The first-order chi connectivity index (χ1) is 9.86. The molecule has 0 radical (unpaired) electrons. The van der Waals surface area contributed by atoms with Crippen LogP contribution in [0.1, 0.15) is 37.0 Å². The van der Waals surface area contributed by atoms with Crippen LogP contribution < -0.4 is 10.1 Å². The van der Waals surface area contributed by atoms with E-state index in [0.717, 1.165) is 36.4 Å². The quantitative estimate of drug-likeness (QED) is 0.786. The van der Waals surface area contributed by atoms with Crippen LogP contribution in [0, 0.1) is 13.8 Å². The lowest BCUT2D eigenvalue weighted by molar-refractivity contribution is -0.135. The minimum absolute atomic E-state index is 0.0255. The van der Waals surface area contributed by atoms with E-state index in [9.17, 15) is 4.79 Å². The van der Waals surface area contributed by atoms with Gasteiger partial charge in [0.05, 0.1) is 0 Å². The van der Waals surface area contributed by atoms with Gasteiger partial charge in [0.15, 0.2) is 6.10 Å². The van der Waals surface area contributed by atoms with E-state index in [1.807, 2.05) is 13.8 Å². The summed E-state index contributed by atoms with van der Waals surface area (Å²) < 4.78 is 5.87. The number of amides is 1. The molecule has 0 heterocycles. The van der Waals surface area contributed by atoms with E-state index in [4.69, 9.17) is 4.74 Å². The lowest BCUT2D eigenvalue weighted by atomic mass is 10.1. The van der Waals surface area contributed by atoms with E-state index in [1.165, 1.54) is 5.56 Å². The summed E-state index contributed by atoms with van der Waals surface area (Å²) >= 11 is 0. The fourth-order valence-corrected chi connectivity index (χ4v) is 2.33. The lowest BCUT2D eigenvalue weighted by Gasteiger charge is -2.21. The van der Waals surface area contributed by atoms with Gasteiger partial charge in [0.2, 0.25) is 0 Å². The van der Waals surface area contributed by atoms with Crippen molar-refractivity contribution in [3.8, 4) is 5.75 Å². The molecule has 4 heteroatoms. The van der Waals surface area contributed by atoms with Crippen LogP contribution in [0.3, 0.4) is 0 Å². The molecule has 1 amide bonds. The molecule has 0 aliphatic carbocycles. The SMILES string of the molecule is CCCNCc1cc(C)c(OC(C)C(=O)N(C)C)c(C)c1. The maximum absolute atomic E-state index is 11.9. The van der Waals surface area contributed by atoms with Gasteiger partial charge in [-0.05, 0) is 50.4 Å². The molecule has 118 valence electrons. The molecule has 1 rings (SSSR count). The predicted molar refractivity (Wildman–Crippen MR) is 86.7 cm³/mol. The van der Waals surface area contributed by atoms with E-state index in [-0.39, 0.29) is 5.91 Å². The van der Waals surface area contributed by atoms with Crippen LogP contribution in [0.15, 0.2) is 12.1 Å². The monoisotopic (exact) mass is 292 g/mol. The second-order valence-corrected chi connectivity index (χ2v) is 5.73. The summed E-state index contributed by atoms with van der Waals surface area (Å²) in [5, 5.41) is 3.40. The number of hydrogen-bond donors (Lipinski definition) is 1. The molecule has 0 aromatic heterocycles. The molecule has 4 nitrogen and oxygen atoms in total. The molecule has 0 bridgehead atoms. The van der Waals surface area contributed by atoms with E-state index in [2.05, 4.69) is 24.4 Å². The topological polar surface area (TPSA) is 41.6 Å². The molecule has 1 unspecified atom stereocenters. The fourth-order valence-electron chi connectivity index (χ4n) is 2.33. The Kier molecular flexibility index (Phi) is 6.69. The lowest BCUT2D eigenvalue weighted by Crippen LogP contribution is -2.35. The molecule has 1 aromatic rings. The van der Waals surface area contributed by atoms with Crippen molar-refractivity contribution in [1.82, 2.24) is 10.2 Å². The highest BCUT2D eigenvalue weighted by Crippen LogP contribution is 2.26. The Bertz CT molecular complexity index is 461. The number of nitrogens with one attached hydrogen (secondary N) is 1. The van der Waals surface area contributed by atoms with Crippen LogP contribution in [-0.4, -0.2) is 37.6 Å². The molecule has 0 aliphatic rings. The Labute approximate surface area is 128 Å². The van der Waals surface area contributed by atoms with Crippen LogP contribution >= 0.6 is 0 Å². The van der Waals surface area contributed by atoms with Crippen molar-refractivity contribution in [2.45, 2.75) is 46.8 Å². The van der Waals surface area contributed by atoms with Crippen LogP contribution in [0.25, 0.3) is 0 Å². The first-order valence-corrected chi connectivity index (χ1v) is 7.55. The molecule has 0 saturated heterocycles. The molecule has 1 aromatic carbocycles. The van der Waals surface area contributed by atoms with Crippen molar-refractivity contribution >= 4 is 5.91 Å². The molecule has 21 heavy (non-hydrogen) atoms. The number of rotatable bonds is 7. The Balaban J connectivity index is 2.82. The van der Waals surface area contributed by atoms with Gasteiger partial charge in [-0.25, -0.2) is 0 Å². The van der Waals surface area contributed by atoms with Crippen molar-refractivity contribution in [3.05, 3.63) is 28.8 Å². The summed E-state index contributed by atoms with van der Waals surface area (Å²) in [6.07, 6.45) is 0.657. The highest BCUT2D eigenvalue weighted by atomic mass is 16.5. The van der Waals surface area contributed by atoms with Gasteiger partial charge in [-0.3, -0.25) is 4.79 Å². The zero-order valence-corrected chi connectivity index (χ0v) is 14.1. The number of likely N-dealkylation sites (N-methyl/N-ethyl adjacent to an activating group) is 1. The minimum Gasteiger partial charge on any atom is -0.480 e. The molecular formula is C17H28N2O2. The second kappa shape index (κ2) is 8.03. The molecular weight excluding hydrogens is 264 g/mol. The zero-order valence-electron chi connectivity index (χ0n) is 14.1. The Morgan fingerprint density at radius 3 is 2.33 bits per heavy atom. The van der Waals surface area contributed by atoms with E-state index >= 15 is 0 Å². The van der Waals surface area contributed by atoms with E-state index < -0.39 is 6.10 Å². The highest BCUT2D eigenvalue weighted by molar-refractivity contribution is 5.80. The third kappa shape index (κ3) is 5.05. The summed E-state index contributed by atoms with van der Waals surface area (Å²) in [6, 6.07) is 4.25. The van der Waals surface area contributed by atoms with Gasteiger partial charge >= 0.3 is 0 Å². The molecule has 0 fully saturated rings. The number of carbonyl (C=O) groups excluding carboxylic acids is 1. The van der Waals surface area contributed by atoms with Crippen molar-refractivity contribution in [1.29, 1.82) is 0 Å². The largest absolute Gasteiger partial charge is 0.480 e. The van der Waals surface area contributed by atoms with Gasteiger partial charge in [0, 0.05) is 20.6 Å². The fraction of sp³-hybridized carbons (Fsp3) is 0.588. The molecule has 1 atom stereocenters. The molecule has 0 saturated carbocycles. The van der Waals surface area contributed by atoms with Crippen LogP contribution in [0.4, 0.5) is 0 Å². The summed E-state index contributed by atoms with van der Waals surface area (Å²) in [6.45, 7) is 9.88. The highest BCUT2D eigenvalue weighted by Gasteiger charge is 2.18. The second-order valence-electron chi connectivity index (χ2n) is 5.73. The minimum atomic E-state index is -0.471. The number of benzene rings is 1. The number of carbonyl (C=O) groups is 1. The zero-order chi connectivity index (χ0) is 16.0. The van der Waals surface area contributed by atoms with Crippen LogP contribution in [0.2, 0.25) is 0 Å². The Morgan fingerprint density at radius 2 is 1.86 bits per heavy atom.